The highest BCUT2D eigenvalue weighted by Gasteiger charge is 2.29. The predicted molar refractivity (Wildman–Crippen MR) is 162 cm³/mol. The van der Waals surface area contributed by atoms with Gasteiger partial charge in [0, 0.05) is 35.6 Å². The Bertz CT molecular complexity index is 1520. The number of carbonyl (C=O) groups excluding carboxylic acids is 2. The summed E-state index contributed by atoms with van der Waals surface area (Å²) < 4.78 is 26.4. The average molecular weight is 562 g/mol. The summed E-state index contributed by atoms with van der Waals surface area (Å²) in [6.07, 6.45) is 1.90. The van der Waals surface area contributed by atoms with Crippen LogP contribution in [-0.4, -0.2) is 65.1 Å². The van der Waals surface area contributed by atoms with E-state index in [2.05, 4.69) is 16.0 Å². The zero-order valence-corrected chi connectivity index (χ0v) is 24.0. The average Bonchev–Trinajstić information content (AvgIpc) is 3.24. The number of rotatable bonds is 11. The fourth-order valence-electron chi connectivity index (χ4n) is 4.58. The Balaban J connectivity index is 1.69. The van der Waals surface area contributed by atoms with Crippen LogP contribution in [-0.2, 0) is 14.8 Å². The lowest BCUT2D eigenvalue weighted by Crippen LogP contribution is -2.32. The van der Waals surface area contributed by atoms with E-state index >= 15 is 0 Å². The van der Waals surface area contributed by atoms with Gasteiger partial charge in [-0.15, -0.1) is 0 Å². The maximum Gasteiger partial charge on any atom is 0.258 e. The minimum atomic E-state index is -3.46. The van der Waals surface area contributed by atoms with Gasteiger partial charge in [0.1, 0.15) is 0 Å². The first kappa shape index (κ1) is 28.8. The second-order valence-corrected chi connectivity index (χ2v) is 11.8. The van der Waals surface area contributed by atoms with Crippen molar-refractivity contribution < 1.29 is 18.0 Å². The van der Waals surface area contributed by atoms with E-state index in [1.807, 2.05) is 56.3 Å². The molecule has 40 heavy (non-hydrogen) atoms. The molecule has 1 heterocycles. The molecule has 1 aliphatic heterocycles. The number of hydrogen-bond acceptors (Lipinski definition) is 6. The fraction of sp³-hybridized carbons (Fsp3) is 0.267. The molecular formula is C30H35N5O4S. The number of anilines is 3. The minimum absolute atomic E-state index is 0.205. The molecule has 9 nitrogen and oxygen atoms in total. The number of fused-ring (bicyclic) bond motifs is 1. The van der Waals surface area contributed by atoms with Gasteiger partial charge in [-0.3, -0.25) is 13.9 Å². The summed E-state index contributed by atoms with van der Waals surface area (Å²) in [6, 6.07) is 21.8. The smallest absolute Gasteiger partial charge is 0.258 e. The molecule has 0 unspecified atom stereocenters. The van der Waals surface area contributed by atoms with Gasteiger partial charge in [-0.05, 0) is 75.9 Å². The summed E-state index contributed by atoms with van der Waals surface area (Å²) in [4.78, 5) is 27.6. The van der Waals surface area contributed by atoms with Crippen LogP contribution in [0.3, 0.4) is 0 Å². The molecular weight excluding hydrogens is 526 g/mol. The molecule has 0 fully saturated rings. The molecule has 0 bridgehead atoms. The summed E-state index contributed by atoms with van der Waals surface area (Å²) >= 11 is 0. The van der Waals surface area contributed by atoms with E-state index in [1.165, 1.54) is 10.6 Å². The molecule has 3 aromatic rings. The van der Waals surface area contributed by atoms with Gasteiger partial charge in [0.25, 0.3) is 11.8 Å². The number of nitrogens with zero attached hydrogens (tertiary/aromatic N) is 2. The molecule has 0 saturated carbocycles. The van der Waals surface area contributed by atoms with E-state index in [9.17, 15) is 18.0 Å². The van der Waals surface area contributed by atoms with Crippen molar-refractivity contribution in [3.63, 3.8) is 0 Å². The molecule has 2 amide bonds. The van der Waals surface area contributed by atoms with Crippen molar-refractivity contribution in [2.75, 3.05) is 54.9 Å². The van der Waals surface area contributed by atoms with Crippen molar-refractivity contribution in [3.05, 3.63) is 89.5 Å². The topological polar surface area (TPSA) is 111 Å². The Morgan fingerprint density at radius 1 is 0.925 bits per heavy atom. The number of nitrogens with one attached hydrogen (secondary N) is 3. The molecule has 3 aromatic carbocycles. The van der Waals surface area contributed by atoms with Gasteiger partial charge < -0.3 is 20.9 Å². The molecule has 0 spiro atoms. The van der Waals surface area contributed by atoms with Crippen LogP contribution in [0.5, 0.6) is 0 Å². The Hall–Kier alpha value is -4.15. The van der Waals surface area contributed by atoms with Gasteiger partial charge in [-0.1, -0.05) is 36.4 Å². The lowest BCUT2D eigenvalue weighted by atomic mass is 9.99. The third-order valence-electron chi connectivity index (χ3n) is 6.47. The van der Waals surface area contributed by atoms with Crippen LogP contribution in [0.25, 0.3) is 11.3 Å². The molecule has 0 atom stereocenters. The first-order valence-corrected chi connectivity index (χ1v) is 15.0. The molecule has 210 valence electrons. The number of sulfonamides is 1. The molecule has 10 heteroatoms. The van der Waals surface area contributed by atoms with E-state index < -0.39 is 10.0 Å². The molecule has 4 rings (SSSR count). The molecule has 0 radical (unpaired) electrons. The second-order valence-electron chi connectivity index (χ2n) is 9.85. The van der Waals surface area contributed by atoms with Crippen LogP contribution in [0.15, 0.2) is 72.8 Å². The van der Waals surface area contributed by atoms with Crippen LogP contribution in [0.2, 0.25) is 0 Å². The van der Waals surface area contributed by atoms with Crippen molar-refractivity contribution >= 4 is 50.2 Å². The highest BCUT2D eigenvalue weighted by molar-refractivity contribution is 7.92. The second kappa shape index (κ2) is 12.4. The molecule has 0 saturated heterocycles. The largest absolute Gasteiger partial charge is 0.354 e. The Morgan fingerprint density at radius 3 is 2.25 bits per heavy atom. The standard InChI is InChI=1S/C30H35N5O4S/c1-5-31-29(36)22-12-17-25-26(20-22)33-30(37)27(25)28(21-10-7-6-8-11-21)32-23-13-15-24(16-14-23)35(40(4,38)39)19-9-18-34(2)3/h6-8,10-17,20,32H,5,9,18-19H2,1-4H3,(H,31,36)(H,33,37)/b28-27-. The van der Waals surface area contributed by atoms with Crippen LogP contribution in [0.4, 0.5) is 17.1 Å². The number of carbonyl (C=O) groups is 2. The van der Waals surface area contributed by atoms with E-state index in [4.69, 9.17) is 0 Å². The Morgan fingerprint density at radius 2 is 1.62 bits per heavy atom. The van der Waals surface area contributed by atoms with Crippen molar-refractivity contribution in [2.45, 2.75) is 13.3 Å². The van der Waals surface area contributed by atoms with Gasteiger partial charge in [0.05, 0.1) is 23.2 Å². The van der Waals surface area contributed by atoms with Crippen molar-refractivity contribution in [2.24, 2.45) is 0 Å². The third-order valence-corrected chi connectivity index (χ3v) is 7.66. The first-order chi connectivity index (χ1) is 19.1. The minimum Gasteiger partial charge on any atom is -0.354 e. The van der Waals surface area contributed by atoms with E-state index in [0.717, 1.165) is 12.1 Å². The van der Waals surface area contributed by atoms with Gasteiger partial charge in [0.2, 0.25) is 10.0 Å². The highest BCUT2D eigenvalue weighted by Crippen LogP contribution is 2.38. The normalized spacial score (nSPS) is 14.0. The van der Waals surface area contributed by atoms with Crippen molar-refractivity contribution in [3.8, 4) is 0 Å². The van der Waals surface area contributed by atoms with Crippen molar-refractivity contribution in [1.29, 1.82) is 0 Å². The van der Waals surface area contributed by atoms with E-state index in [-0.39, 0.29) is 11.8 Å². The monoisotopic (exact) mass is 561 g/mol. The van der Waals surface area contributed by atoms with Crippen molar-refractivity contribution in [1.82, 2.24) is 10.2 Å². The number of benzene rings is 3. The Kier molecular flexibility index (Phi) is 8.91. The Labute approximate surface area is 235 Å². The van der Waals surface area contributed by atoms with Crippen LogP contribution in [0, 0.1) is 0 Å². The number of amides is 2. The maximum absolute atomic E-state index is 13.3. The van der Waals surface area contributed by atoms with Gasteiger partial charge in [0.15, 0.2) is 0 Å². The van der Waals surface area contributed by atoms with Crippen LogP contribution < -0.4 is 20.3 Å². The van der Waals surface area contributed by atoms with Gasteiger partial charge in [-0.2, -0.15) is 0 Å². The molecule has 0 aliphatic carbocycles. The van der Waals surface area contributed by atoms with Gasteiger partial charge >= 0.3 is 0 Å². The van der Waals surface area contributed by atoms with Gasteiger partial charge in [-0.25, -0.2) is 8.42 Å². The summed E-state index contributed by atoms with van der Waals surface area (Å²) in [5.74, 6) is -0.488. The van der Waals surface area contributed by atoms with Crippen LogP contribution in [0.1, 0.15) is 34.8 Å². The first-order valence-electron chi connectivity index (χ1n) is 13.1. The third kappa shape index (κ3) is 6.70. The van der Waals surface area contributed by atoms with E-state index in [1.54, 1.807) is 42.5 Å². The molecule has 0 aromatic heterocycles. The predicted octanol–water partition coefficient (Wildman–Crippen LogP) is 4.09. The zero-order valence-electron chi connectivity index (χ0n) is 23.2. The lowest BCUT2D eigenvalue weighted by Gasteiger charge is -2.23. The van der Waals surface area contributed by atoms with Crippen LogP contribution >= 0.6 is 0 Å². The SMILES string of the molecule is CCNC(=O)c1ccc2c(c1)NC(=O)/C2=C(\Nc1ccc(N(CCCN(C)C)S(C)(=O)=O)cc1)c1ccccc1. The summed E-state index contributed by atoms with van der Waals surface area (Å²) in [6.45, 7) is 3.50. The summed E-state index contributed by atoms with van der Waals surface area (Å²) in [5, 5.41) is 9.06. The zero-order chi connectivity index (χ0) is 28.9. The van der Waals surface area contributed by atoms with E-state index in [0.29, 0.717) is 59.0 Å². The number of hydrogen-bond donors (Lipinski definition) is 3. The maximum atomic E-state index is 13.3. The molecule has 1 aliphatic rings. The summed E-state index contributed by atoms with van der Waals surface area (Å²) in [5.41, 5.74) is 4.84. The fourth-order valence-corrected chi connectivity index (χ4v) is 5.55. The lowest BCUT2D eigenvalue weighted by molar-refractivity contribution is -0.110. The summed E-state index contributed by atoms with van der Waals surface area (Å²) in [7, 11) is 0.449. The highest BCUT2D eigenvalue weighted by atomic mass is 32.2. The molecule has 3 N–H and O–H groups in total. The quantitative estimate of drug-likeness (QED) is 0.304.